The number of hydrogen-bond donors (Lipinski definition) is 1. The highest BCUT2D eigenvalue weighted by atomic mass is 19.4. The van der Waals surface area contributed by atoms with Gasteiger partial charge in [-0.05, 0) is 42.7 Å². The Labute approximate surface area is 212 Å². The maximum absolute atomic E-state index is 15.0. The maximum atomic E-state index is 15.0. The average Bonchev–Trinajstić information content (AvgIpc) is 3.37. The van der Waals surface area contributed by atoms with Crippen molar-refractivity contribution < 1.29 is 49.2 Å². The van der Waals surface area contributed by atoms with E-state index in [1.54, 1.807) is 0 Å². The van der Waals surface area contributed by atoms with E-state index in [1.807, 2.05) is 0 Å². The van der Waals surface area contributed by atoms with Gasteiger partial charge in [0.25, 0.3) is 11.6 Å². The van der Waals surface area contributed by atoms with Crippen molar-refractivity contribution in [2.45, 2.75) is 44.2 Å². The molecule has 0 saturated heterocycles. The Kier molecular flexibility index (Phi) is 7.42. The van der Waals surface area contributed by atoms with Crippen molar-refractivity contribution in [3.63, 3.8) is 0 Å². The standard InChI is InChI=1S/C22H16F9N5O3/c1-3-12-7-14(19(23,21(26,27)28)20(24,25)22(29,30)31)6-11(2)17(12)34-18(37)13-4-5-15(16(8-13)36(38)39)35-10-32-9-33-35/h4-10H,3H2,1-2H3,(H,34,37). The van der Waals surface area contributed by atoms with Gasteiger partial charge in [-0.15, -0.1) is 0 Å². The van der Waals surface area contributed by atoms with Crippen LogP contribution in [0.4, 0.5) is 50.9 Å². The highest BCUT2D eigenvalue weighted by molar-refractivity contribution is 6.05. The van der Waals surface area contributed by atoms with Gasteiger partial charge in [-0.1, -0.05) is 13.0 Å². The normalized spacial score (nSPS) is 14.1. The number of nitrogens with one attached hydrogen (secondary N) is 1. The van der Waals surface area contributed by atoms with Crippen LogP contribution in [0.2, 0.25) is 0 Å². The fraction of sp³-hybridized carbons (Fsp3) is 0.318. The molecule has 1 amide bonds. The van der Waals surface area contributed by atoms with Gasteiger partial charge in [-0.2, -0.15) is 40.2 Å². The molecule has 1 atom stereocenters. The molecule has 1 aromatic heterocycles. The largest absolute Gasteiger partial charge is 0.457 e. The van der Waals surface area contributed by atoms with Gasteiger partial charge in [0.2, 0.25) is 0 Å². The molecular formula is C22H16F9N5O3. The number of carbonyl (C=O) groups is 1. The first-order chi connectivity index (χ1) is 17.9. The molecule has 39 heavy (non-hydrogen) atoms. The third-order valence-corrected chi connectivity index (χ3v) is 5.71. The Bertz CT molecular complexity index is 1410. The molecule has 8 nitrogen and oxygen atoms in total. The predicted molar refractivity (Wildman–Crippen MR) is 116 cm³/mol. The fourth-order valence-corrected chi connectivity index (χ4v) is 3.76. The molecular weight excluding hydrogens is 553 g/mol. The summed E-state index contributed by atoms with van der Waals surface area (Å²) < 4.78 is 123. The Morgan fingerprint density at radius 1 is 1.03 bits per heavy atom. The third kappa shape index (κ3) is 4.99. The van der Waals surface area contributed by atoms with E-state index >= 15 is 0 Å². The summed E-state index contributed by atoms with van der Waals surface area (Å²) in [4.78, 5) is 27.2. The van der Waals surface area contributed by atoms with Gasteiger partial charge in [0, 0.05) is 22.9 Å². The zero-order valence-electron chi connectivity index (χ0n) is 19.7. The molecule has 0 spiro atoms. The van der Waals surface area contributed by atoms with Crippen LogP contribution in [0.5, 0.6) is 0 Å². The van der Waals surface area contributed by atoms with Gasteiger partial charge in [-0.3, -0.25) is 14.9 Å². The molecule has 2 aromatic carbocycles. The molecule has 0 radical (unpaired) electrons. The molecule has 0 saturated carbocycles. The van der Waals surface area contributed by atoms with E-state index in [4.69, 9.17) is 0 Å². The van der Waals surface area contributed by atoms with Crippen LogP contribution < -0.4 is 5.32 Å². The smallest absolute Gasteiger partial charge is 0.321 e. The minimum Gasteiger partial charge on any atom is -0.321 e. The molecule has 210 valence electrons. The van der Waals surface area contributed by atoms with Crippen molar-refractivity contribution >= 4 is 17.3 Å². The number of benzene rings is 2. The number of nitrogens with zero attached hydrogens (tertiary/aromatic N) is 4. The highest BCUT2D eigenvalue weighted by Crippen LogP contribution is 2.58. The van der Waals surface area contributed by atoms with Gasteiger partial charge in [0.15, 0.2) is 0 Å². The molecule has 0 aliphatic rings. The maximum Gasteiger partial charge on any atom is 0.457 e. The molecule has 3 aromatic rings. The summed E-state index contributed by atoms with van der Waals surface area (Å²) in [5.41, 5.74) is -10.3. The van der Waals surface area contributed by atoms with Crippen LogP contribution in [0.25, 0.3) is 5.69 Å². The van der Waals surface area contributed by atoms with Gasteiger partial charge >= 0.3 is 23.9 Å². The molecule has 1 N–H and O–H groups in total. The molecule has 1 heterocycles. The van der Waals surface area contributed by atoms with Crippen LogP contribution in [-0.4, -0.2) is 43.9 Å². The van der Waals surface area contributed by atoms with Gasteiger partial charge in [0.05, 0.1) is 4.92 Å². The Morgan fingerprint density at radius 2 is 1.67 bits per heavy atom. The van der Waals surface area contributed by atoms with E-state index in [-0.39, 0.29) is 35.5 Å². The summed E-state index contributed by atoms with van der Waals surface area (Å²) in [5, 5.41) is 17.5. The SMILES string of the molecule is CCc1cc(C(F)(C(F)(F)F)C(F)(F)C(F)(F)F)cc(C)c1NC(=O)c1ccc(-n2cncn2)c([N+](=O)[O-])c1. The summed E-state index contributed by atoms with van der Waals surface area (Å²) in [6.07, 6.45) is -11.7. The number of carbonyl (C=O) groups excluding carboxylic acids is 1. The monoisotopic (exact) mass is 569 g/mol. The zero-order chi connectivity index (χ0) is 29.6. The second-order valence-corrected chi connectivity index (χ2v) is 8.16. The van der Waals surface area contributed by atoms with E-state index in [9.17, 15) is 54.4 Å². The van der Waals surface area contributed by atoms with E-state index in [2.05, 4.69) is 15.4 Å². The van der Waals surface area contributed by atoms with Crippen LogP contribution in [0.3, 0.4) is 0 Å². The summed E-state index contributed by atoms with van der Waals surface area (Å²) in [6, 6.07) is 3.42. The third-order valence-electron chi connectivity index (χ3n) is 5.71. The van der Waals surface area contributed by atoms with E-state index in [1.165, 1.54) is 6.92 Å². The van der Waals surface area contributed by atoms with Gasteiger partial charge in [-0.25, -0.2) is 14.1 Å². The first-order valence-corrected chi connectivity index (χ1v) is 10.7. The topological polar surface area (TPSA) is 103 Å². The van der Waals surface area contributed by atoms with E-state index in [0.717, 1.165) is 42.5 Å². The number of rotatable bonds is 7. The zero-order valence-corrected chi connectivity index (χ0v) is 19.7. The number of nitro groups is 1. The van der Waals surface area contributed by atoms with Crippen molar-refractivity contribution in [3.8, 4) is 5.69 Å². The Morgan fingerprint density at radius 3 is 2.15 bits per heavy atom. The number of alkyl halides is 9. The van der Waals surface area contributed by atoms with Gasteiger partial charge in [0.1, 0.15) is 18.3 Å². The van der Waals surface area contributed by atoms with Crippen LogP contribution in [0, 0.1) is 17.0 Å². The summed E-state index contributed by atoms with van der Waals surface area (Å²) in [5.74, 6) is -7.90. The van der Waals surface area contributed by atoms with Crippen molar-refractivity contribution in [1.29, 1.82) is 0 Å². The molecule has 0 aliphatic carbocycles. The minimum absolute atomic E-state index is 0.0686. The van der Waals surface area contributed by atoms with Crippen LogP contribution in [-0.2, 0) is 12.1 Å². The lowest BCUT2D eigenvalue weighted by molar-refractivity contribution is -0.389. The molecule has 0 bridgehead atoms. The summed E-state index contributed by atoms with van der Waals surface area (Å²) in [7, 11) is 0. The number of aryl methyl sites for hydroxylation is 2. The van der Waals surface area contributed by atoms with Crippen LogP contribution >= 0.6 is 0 Å². The average molecular weight is 569 g/mol. The van der Waals surface area contributed by atoms with Crippen molar-refractivity contribution in [1.82, 2.24) is 14.8 Å². The Hall–Kier alpha value is -4.18. The first kappa shape index (κ1) is 29.4. The highest BCUT2D eigenvalue weighted by Gasteiger charge is 2.81. The van der Waals surface area contributed by atoms with Crippen molar-refractivity contribution in [2.75, 3.05) is 5.32 Å². The van der Waals surface area contributed by atoms with Crippen LogP contribution in [0.15, 0.2) is 43.0 Å². The molecule has 1 unspecified atom stereocenters. The first-order valence-electron chi connectivity index (χ1n) is 10.7. The Balaban J connectivity index is 2.08. The summed E-state index contributed by atoms with van der Waals surface area (Å²) >= 11 is 0. The van der Waals surface area contributed by atoms with Crippen molar-refractivity contribution in [3.05, 3.63) is 75.4 Å². The molecule has 3 rings (SSSR count). The predicted octanol–water partition coefficient (Wildman–Crippen LogP) is 6.22. The molecule has 0 fully saturated rings. The second kappa shape index (κ2) is 9.85. The number of nitro benzene ring substituents is 1. The summed E-state index contributed by atoms with van der Waals surface area (Å²) in [6.45, 7) is 2.22. The number of anilines is 1. The lowest BCUT2D eigenvalue weighted by atomic mass is 9.85. The number of aromatic nitrogens is 3. The lowest BCUT2D eigenvalue weighted by Gasteiger charge is -2.36. The second-order valence-electron chi connectivity index (χ2n) is 8.16. The van der Waals surface area contributed by atoms with Crippen molar-refractivity contribution in [2.24, 2.45) is 0 Å². The van der Waals surface area contributed by atoms with E-state index < -0.39 is 57.2 Å². The van der Waals surface area contributed by atoms with Gasteiger partial charge < -0.3 is 5.32 Å². The lowest BCUT2D eigenvalue weighted by Crippen LogP contribution is -2.59. The molecule has 17 heteroatoms. The number of hydrogen-bond acceptors (Lipinski definition) is 5. The van der Waals surface area contributed by atoms with E-state index in [0.29, 0.717) is 0 Å². The molecule has 0 aliphatic heterocycles. The fourth-order valence-electron chi connectivity index (χ4n) is 3.76. The quantitative estimate of drug-likeness (QED) is 0.207. The number of amides is 1. The minimum atomic E-state index is -6.89. The van der Waals surface area contributed by atoms with Crippen LogP contribution in [0.1, 0.15) is 34.0 Å². The number of halogens is 9.